The number of nitrogens with zero attached hydrogens (tertiary/aromatic N) is 1. The fourth-order valence-electron chi connectivity index (χ4n) is 2.88. The van der Waals surface area contributed by atoms with Crippen LogP contribution >= 0.6 is 0 Å². The smallest absolute Gasteiger partial charge is 0.0702 e. The van der Waals surface area contributed by atoms with Gasteiger partial charge in [0.15, 0.2) is 0 Å². The molecule has 1 atom stereocenters. The zero-order chi connectivity index (χ0) is 15.8. The van der Waals surface area contributed by atoms with Crippen LogP contribution in [0.4, 0.5) is 0 Å². The fourth-order valence-corrected chi connectivity index (χ4v) is 2.88. The minimum absolute atomic E-state index is 0.872. The van der Waals surface area contributed by atoms with Gasteiger partial charge in [-0.3, -0.25) is 4.98 Å². The van der Waals surface area contributed by atoms with E-state index in [1.54, 1.807) is 0 Å². The van der Waals surface area contributed by atoms with Crippen LogP contribution < -0.4 is 0 Å². The van der Waals surface area contributed by atoms with Crippen LogP contribution in [0.25, 0.3) is 11.3 Å². The van der Waals surface area contributed by atoms with Crippen molar-refractivity contribution in [2.24, 2.45) is 5.92 Å². The summed E-state index contributed by atoms with van der Waals surface area (Å²) in [6, 6.07) is 13.0. The summed E-state index contributed by atoms with van der Waals surface area (Å²) in [4.78, 5) is 4.64. The number of aryl methyl sites for hydroxylation is 2. The number of benzene rings is 1. The van der Waals surface area contributed by atoms with E-state index in [9.17, 15) is 0 Å². The maximum Gasteiger partial charge on any atom is 0.0702 e. The normalized spacial score (nSPS) is 12.3. The molecule has 1 aromatic heterocycles. The quantitative estimate of drug-likeness (QED) is 0.564. The van der Waals surface area contributed by atoms with Gasteiger partial charge < -0.3 is 0 Å². The van der Waals surface area contributed by atoms with Crippen molar-refractivity contribution >= 4 is 0 Å². The summed E-state index contributed by atoms with van der Waals surface area (Å²) in [6.45, 7) is 6.71. The molecule has 0 radical (unpaired) electrons. The van der Waals surface area contributed by atoms with Gasteiger partial charge in [-0.2, -0.15) is 0 Å². The molecule has 0 fully saturated rings. The van der Waals surface area contributed by atoms with Crippen LogP contribution in [0.1, 0.15) is 57.1 Å². The molecule has 0 aliphatic heterocycles. The van der Waals surface area contributed by atoms with Gasteiger partial charge in [0.05, 0.1) is 5.69 Å². The third kappa shape index (κ3) is 4.98. The number of pyridine rings is 1. The lowest BCUT2D eigenvalue weighted by molar-refractivity contribution is 0.421. The predicted molar refractivity (Wildman–Crippen MR) is 96.0 cm³/mol. The molecule has 118 valence electrons. The van der Waals surface area contributed by atoms with Crippen LogP contribution in [0, 0.1) is 12.8 Å². The Morgan fingerprint density at radius 2 is 1.73 bits per heavy atom. The Balaban J connectivity index is 1.92. The molecule has 0 aliphatic carbocycles. The van der Waals surface area contributed by atoms with Crippen LogP contribution in [0.15, 0.2) is 42.6 Å². The summed E-state index contributed by atoms with van der Waals surface area (Å²) < 4.78 is 0. The lowest BCUT2D eigenvalue weighted by atomic mass is 9.93. The molecule has 1 heterocycles. The first-order valence-corrected chi connectivity index (χ1v) is 8.75. The topological polar surface area (TPSA) is 12.9 Å². The molecule has 0 spiro atoms. The Bertz CT molecular complexity index is 539. The summed E-state index contributed by atoms with van der Waals surface area (Å²) in [5.74, 6) is 0.872. The fraction of sp³-hybridized carbons (Fsp3) is 0.476. The van der Waals surface area contributed by atoms with Crippen LogP contribution in [-0.4, -0.2) is 4.98 Å². The highest BCUT2D eigenvalue weighted by Gasteiger charge is 2.07. The molecule has 0 amide bonds. The number of hydrogen-bond acceptors (Lipinski definition) is 1. The molecule has 1 unspecified atom stereocenters. The van der Waals surface area contributed by atoms with Crippen LogP contribution in [-0.2, 0) is 6.42 Å². The zero-order valence-electron chi connectivity index (χ0n) is 14.3. The van der Waals surface area contributed by atoms with Crippen molar-refractivity contribution < 1.29 is 0 Å². The van der Waals surface area contributed by atoms with E-state index in [4.69, 9.17) is 0 Å². The van der Waals surface area contributed by atoms with Gasteiger partial charge in [-0.25, -0.2) is 0 Å². The third-order valence-corrected chi connectivity index (χ3v) is 4.56. The Labute approximate surface area is 135 Å². The van der Waals surface area contributed by atoms with Crippen molar-refractivity contribution in [1.82, 2.24) is 4.98 Å². The highest BCUT2D eigenvalue weighted by molar-refractivity contribution is 5.59. The first-order valence-electron chi connectivity index (χ1n) is 8.75. The van der Waals surface area contributed by atoms with E-state index < -0.39 is 0 Å². The number of rotatable bonds is 8. The second-order valence-electron chi connectivity index (χ2n) is 6.37. The lowest BCUT2D eigenvalue weighted by Gasteiger charge is -2.14. The summed E-state index contributed by atoms with van der Waals surface area (Å²) in [7, 11) is 0. The average molecular weight is 295 g/mol. The largest absolute Gasteiger partial charge is 0.256 e. The molecule has 1 aromatic carbocycles. The Kier molecular flexibility index (Phi) is 6.64. The van der Waals surface area contributed by atoms with Crippen molar-refractivity contribution in [3.8, 4) is 11.3 Å². The van der Waals surface area contributed by atoms with Gasteiger partial charge in [0, 0.05) is 11.8 Å². The molecule has 0 saturated carbocycles. The van der Waals surface area contributed by atoms with Crippen LogP contribution in [0.3, 0.4) is 0 Å². The molecular formula is C21H29N. The maximum atomic E-state index is 4.64. The van der Waals surface area contributed by atoms with Crippen LogP contribution in [0.5, 0.6) is 0 Å². The summed E-state index contributed by atoms with van der Waals surface area (Å²) in [5, 5.41) is 0. The second kappa shape index (κ2) is 8.73. The lowest BCUT2D eigenvalue weighted by Crippen LogP contribution is -2.01. The van der Waals surface area contributed by atoms with Crippen LogP contribution in [0.2, 0.25) is 0 Å². The standard InChI is InChI=1S/C21H29N/c1-4-6-7-18(5-2)10-11-19-12-15-21(22-16-19)20-13-8-17(3)9-14-20/h8-9,12-16,18H,4-7,10-11H2,1-3H3. The van der Waals surface area contributed by atoms with E-state index in [1.165, 1.54) is 48.8 Å². The molecular weight excluding hydrogens is 266 g/mol. The third-order valence-electron chi connectivity index (χ3n) is 4.56. The minimum Gasteiger partial charge on any atom is -0.256 e. The number of hydrogen-bond donors (Lipinski definition) is 0. The van der Waals surface area contributed by atoms with E-state index >= 15 is 0 Å². The van der Waals surface area contributed by atoms with Gasteiger partial charge in [-0.05, 0) is 37.3 Å². The highest BCUT2D eigenvalue weighted by Crippen LogP contribution is 2.21. The summed E-state index contributed by atoms with van der Waals surface area (Å²) in [5.41, 5.74) is 4.93. The molecule has 22 heavy (non-hydrogen) atoms. The second-order valence-corrected chi connectivity index (χ2v) is 6.37. The molecule has 0 bridgehead atoms. The van der Waals surface area contributed by atoms with Gasteiger partial charge in [-0.15, -0.1) is 0 Å². The molecule has 2 aromatic rings. The molecule has 0 aliphatic rings. The SMILES string of the molecule is CCCCC(CC)CCc1ccc(-c2ccc(C)cc2)nc1. The van der Waals surface area contributed by atoms with Gasteiger partial charge in [0.2, 0.25) is 0 Å². The Hall–Kier alpha value is -1.63. The minimum atomic E-state index is 0.872. The van der Waals surface area contributed by atoms with Crippen molar-refractivity contribution in [1.29, 1.82) is 0 Å². The first-order chi connectivity index (χ1) is 10.7. The van der Waals surface area contributed by atoms with Crippen molar-refractivity contribution in [3.05, 3.63) is 53.7 Å². The van der Waals surface area contributed by atoms with Gasteiger partial charge >= 0.3 is 0 Å². The van der Waals surface area contributed by atoms with E-state index in [1.807, 2.05) is 0 Å². The van der Waals surface area contributed by atoms with E-state index in [0.29, 0.717) is 0 Å². The molecule has 0 N–H and O–H groups in total. The molecule has 2 rings (SSSR count). The summed E-state index contributed by atoms with van der Waals surface area (Å²) in [6.07, 6.45) is 9.86. The van der Waals surface area contributed by atoms with Crippen molar-refractivity contribution in [2.75, 3.05) is 0 Å². The maximum absolute atomic E-state index is 4.64. The average Bonchev–Trinajstić information content (AvgIpc) is 2.56. The number of unbranched alkanes of at least 4 members (excludes halogenated alkanes) is 1. The van der Waals surface area contributed by atoms with Gasteiger partial charge in [0.1, 0.15) is 0 Å². The molecule has 0 saturated heterocycles. The van der Waals surface area contributed by atoms with Gasteiger partial charge in [-0.1, -0.05) is 75.4 Å². The Morgan fingerprint density at radius 3 is 2.32 bits per heavy atom. The Morgan fingerprint density at radius 1 is 0.955 bits per heavy atom. The van der Waals surface area contributed by atoms with Gasteiger partial charge in [0.25, 0.3) is 0 Å². The first kappa shape index (κ1) is 16.7. The zero-order valence-corrected chi connectivity index (χ0v) is 14.3. The van der Waals surface area contributed by atoms with E-state index in [0.717, 1.165) is 18.0 Å². The number of aromatic nitrogens is 1. The monoisotopic (exact) mass is 295 g/mol. The highest BCUT2D eigenvalue weighted by atomic mass is 14.7. The van der Waals surface area contributed by atoms with Crippen molar-refractivity contribution in [3.63, 3.8) is 0 Å². The summed E-state index contributed by atoms with van der Waals surface area (Å²) >= 11 is 0. The predicted octanol–water partition coefficient (Wildman–Crippen LogP) is 6.21. The molecule has 1 nitrogen and oxygen atoms in total. The van der Waals surface area contributed by atoms with E-state index in [-0.39, 0.29) is 0 Å². The van der Waals surface area contributed by atoms with Crippen molar-refractivity contribution in [2.45, 2.75) is 59.3 Å². The molecule has 1 heteroatoms. The van der Waals surface area contributed by atoms with E-state index in [2.05, 4.69) is 68.4 Å².